The minimum absolute atomic E-state index is 0.107. The Kier molecular flexibility index (Phi) is 5.07. The van der Waals surface area contributed by atoms with E-state index in [0.29, 0.717) is 5.56 Å². The predicted molar refractivity (Wildman–Crippen MR) is 98.1 cm³/mol. The number of ketones is 1. The number of hydrogen-bond donors (Lipinski definition) is 2. The van der Waals surface area contributed by atoms with E-state index in [2.05, 4.69) is 0 Å². The number of carbonyl (C=O) groups is 3. The van der Waals surface area contributed by atoms with Crippen LogP contribution in [0.2, 0.25) is 0 Å². The average molecular weight is 365 g/mol. The van der Waals surface area contributed by atoms with Gasteiger partial charge in [-0.25, -0.2) is 4.79 Å². The Morgan fingerprint density at radius 1 is 1.04 bits per heavy atom. The number of Topliss-reactive ketones (excluding diaryl/α,β-unsaturated/α-hetero) is 1. The number of carboxylic acids is 1. The molecule has 1 aliphatic heterocycles. The second-order valence-corrected chi connectivity index (χ2v) is 6.29. The maximum absolute atomic E-state index is 12.7. The molecule has 138 valence electrons. The van der Waals surface area contributed by atoms with Crippen molar-refractivity contribution < 1.29 is 24.6 Å². The van der Waals surface area contributed by atoms with Gasteiger partial charge >= 0.3 is 5.97 Å². The molecule has 6 heteroatoms. The second kappa shape index (κ2) is 7.45. The van der Waals surface area contributed by atoms with Crippen LogP contribution in [0.1, 0.15) is 40.9 Å². The lowest BCUT2D eigenvalue weighted by Gasteiger charge is -2.27. The Morgan fingerprint density at radius 2 is 1.67 bits per heavy atom. The number of carbonyl (C=O) groups excluding carboxylic acids is 2. The summed E-state index contributed by atoms with van der Waals surface area (Å²) in [4.78, 5) is 37.5. The lowest BCUT2D eigenvalue weighted by atomic mass is 9.95. The van der Waals surface area contributed by atoms with Crippen molar-refractivity contribution in [2.45, 2.75) is 25.9 Å². The van der Waals surface area contributed by atoms with Gasteiger partial charge in [-0.15, -0.1) is 0 Å². The van der Waals surface area contributed by atoms with Gasteiger partial charge in [0.05, 0.1) is 17.2 Å². The molecular weight excluding hydrogens is 346 g/mol. The van der Waals surface area contributed by atoms with Crippen molar-refractivity contribution in [1.29, 1.82) is 0 Å². The highest BCUT2D eigenvalue weighted by Gasteiger charge is 2.42. The van der Waals surface area contributed by atoms with Crippen LogP contribution in [0.25, 0.3) is 0 Å². The Hall–Kier alpha value is -3.41. The lowest BCUT2D eigenvalue weighted by Crippen LogP contribution is -2.30. The maximum Gasteiger partial charge on any atom is 0.335 e. The van der Waals surface area contributed by atoms with Crippen LogP contribution in [0.15, 0.2) is 65.9 Å². The summed E-state index contributed by atoms with van der Waals surface area (Å²) < 4.78 is 0. The summed E-state index contributed by atoms with van der Waals surface area (Å²) in [7, 11) is 0. The minimum Gasteiger partial charge on any atom is -0.503 e. The number of aromatic carboxylic acids is 1. The van der Waals surface area contributed by atoms with Crippen molar-refractivity contribution in [2.75, 3.05) is 0 Å². The van der Waals surface area contributed by atoms with Gasteiger partial charge < -0.3 is 15.1 Å². The number of aliphatic hydroxyl groups is 1. The molecule has 2 aromatic carbocycles. The molecule has 0 aliphatic carbocycles. The van der Waals surface area contributed by atoms with Gasteiger partial charge in [-0.3, -0.25) is 9.59 Å². The van der Waals surface area contributed by atoms with Gasteiger partial charge in [-0.1, -0.05) is 49.4 Å². The van der Waals surface area contributed by atoms with Crippen LogP contribution in [0, 0.1) is 0 Å². The predicted octanol–water partition coefficient (Wildman–Crippen LogP) is 3.26. The minimum atomic E-state index is -1.03. The number of carboxylic acid groups (broad SMARTS) is 1. The van der Waals surface area contributed by atoms with Gasteiger partial charge in [0.25, 0.3) is 5.91 Å². The third kappa shape index (κ3) is 3.46. The summed E-state index contributed by atoms with van der Waals surface area (Å²) >= 11 is 0. The van der Waals surface area contributed by atoms with E-state index in [1.807, 2.05) is 18.2 Å². The first kappa shape index (κ1) is 18.4. The van der Waals surface area contributed by atoms with E-state index in [-0.39, 0.29) is 29.9 Å². The summed E-state index contributed by atoms with van der Waals surface area (Å²) in [5, 5.41) is 19.4. The summed E-state index contributed by atoms with van der Waals surface area (Å²) in [5.41, 5.74) is 1.69. The van der Waals surface area contributed by atoms with Crippen molar-refractivity contribution in [3.63, 3.8) is 0 Å². The average Bonchev–Trinajstić information content (AvgIpc) is 2.93. The zero-order valence-electron chi connectivity index (χ0n) is 14.8. The highest BCUT2D eigenvalue weighted by atomic mass is 16.4. The molecule has 0 radical (unpaired) electrons. The Bertz CT molecular complexity index is 915. The van der Waals surface area contributed by atoms with Crippen LogP contribution < -0.4 is 0 Å². The molecular formula is C21H19NO5. The highest BCUT2D eigenvalue weighted by molar-refractivity contribution is 6.08. The third-order valence-electron chi connectivity index (χ3n) is 4.59. The number of benzene rings is 2. The van der Waals surface area contributed by atoms with E-state index in [4.69, 9.17) is 5.11 Å². The van der Waals surface area contributed by atoms with E-state index < -0.39 is 23.7 Å². The summed E-state index contributed by atoms with van der Waals surface area (Å²) in [6.07, 6.45) is 0.178. The Balaban J connectivity index is 1.99. The number of aliphatic hydroxyl groups excluding tert-OH is 1. The quantitative estimate of drug-likeness (QED) is 0.819. The molecule has 0 fully saturated rings. The monoisotopic (exact) mass is 365 g/mol. The molecule has 0 spiro atoms. The Labute approximate surface area is 156 Å². The largest absolute Gasteiger partial charge is 0.503 e. The molecule has 0 bridgehead atoms. The SMILES string of the molecule is CCC(=O)C1=C(O)C(=O)N(Cc2ccc(C(=O)O)cc2)C1c1ccccc1. The summed E-state index contributed by atoms with van der Waals surface area (Å²) in [6, 6.07) is 14.5. The molecule has 1 amide bonds. The topological polar surface area (TPSA) is 94.9 Å². The van der Waals surface area contributed by atoms with Gasteiger partial charge in [0.1, 0.15) is 0 Å². The molecule has 2 N–H and O–H groups in total. The highest BCUT2D eigenvalue weighted by Crippen LogP contribution is 2.39. The zero-order valence-corrected chi connectivity index (χ0v) is 14.8. The fraction of sp³-hybridized carbons (Fsp3) is 0.190. The first-order chi connectivity index (χ1) is 12.9. The molecule has 0 saturated carbocycles. The molecule has 3 rings (SSSR count). The summed E-state index contributed by atoms with van der Waals surface area (Å²) in [6.45, 7) is 1.82. The number of rotatable bonds is 6. The first-order valence-corrected chi connectivity index (χ1v) is 8.58. The molecule has 0 saturated heterocycles. The van der Waals surface area contributed by atoms with Gasteiger partial charge in [-0.2, -0.15) is 0 Å². The smallest absolute Gasteiger partial charge is 0.335 e. The number of nitrogens with zero attached hydrogens (tertiary/aromatic N) is 1. The van der Waals surface area contributed by atoms with E-state index in [0.717, 1.165) is 5.56 Å². The van der Waals surface area contributed by atoms with Gasteiger partial charge in [0.15, 0.2) is 11.5 Å². The fourth-order valence-corrected chi connectivity index (χ4v) is 3.22. The molecule has 0 aromatic heterocycles. The van der Waals surface area contributed by atoms with E-state index in [1.54, 1.807) is 31.2 Å². The van der Waals surface area contributed by atoms with E-state index in [1.165, 1.54) is 17.0 Å². The van der Waals surface area contributed by atoms with Crippen LogP contribution in [0.3, 0.4) is 0 Å². The molecule has 1 atom stereocenters. The second-order valence-electron chi connectivity index (χ2n) is 6.29. The molecule has 27 heavy (non-hydrogen) atoms. The van der Waals surface area contributed by atoms with E-state index in [9.17, 15) is 19.5 Å². The normalized spacial score (nSPS) is 16.7. The maximum atomic E-state index is 12.7. The fourth-order valence-electron chi connectivity index (χ4n) is 3.22. The van der Waals surface area contributed by atoms with Crippen molar-refractivity contribution in [3.8, 4) is 0 Å². The van der Waals surface area contributed by atoms with Gasteiger partial charge in [0.2, 0.25) is 0 Å². The number of amides is 1. The standard InChI is InChI=1S/C21H19NO5/c1-2-16(23)17-18(14-6-4-3-5-7-14)22(20(25)19(17)24)12-13-8-10-15(11-9-13)21(26)27/h3-11,18,24H,2,12H2,1H3,(H,26,27). The third-order valence-corrected chi connectivity index (χ3v) is 4.59. The van der Waals surface area contributed by atoms with Crippen molar-refractivity contribution in [1.82, 2.24) is 4.90 Å². The Morgan fingerprint density at radius 3 is 2.22 bits per heavy atom. The van der Waals surface area contributed by atoms with Crippen LogP contribution >= 0.6 is 0 Å². The van der Waals surface area contributed by atoms with Gasteiger partial charge in [0, 0.05) is 13.0 Å². The molecule has 1 aliphatic rings. The van der Waals surface area contributed by atoms with Crippen LogP contribution in [0.4, 0.5) is 0 Å². The summed E-state index contributed by atoms with van der Waals surface area (Å²) in [5.74, 6) is -2.43. The van der Waals surface area contributed by atoms with Gasteiger partial charge in [-0.05, 0) is 23.3 Å². The molecule has 2 aromatic rings. The molecule has 1 unspecified atom stereocenters. The van der Waals surface area contributed by atoms with Crippen molar-refractivity contribution in [2.24, 2.45) is 0 Å². The van der Waals surface area contributed by atoms with Crippen molar-refractivity contribution in [3.05, 3.63) is 82.6 Å². The first-order valence-electron chi connectivity index (χ1n) is 8.58. The van der Waals surface area contributed by atoms with Crippen LogP contribution in [-0.4, -0.2) is 32.8 Å². The van der Waals surface area contributed by atoms with Crippen LogP contribution in [0.5, 0.6) is 0 Å². The molecule has 1 heterocycles. The number of hydrogen-bond acceptors (Lipinski definition) is 4. The molecule has 6 nitrogen and oxygen atoms in total. The van der Waals surface area contributed by atoms with E-state index >= 15 is 0 Å². The lowest BCUT2D eigenvalue weighted by molar-refractivity contribution is -0.130. The zero-order chi connectivity index (χ0) is 19.6. The van der Waals surface area contributed by atoms with Crippen molar-refractivity contribution >= 4 is 17.7 Å². The van der Waals surface area contributed by atoms with Crippen LogP contribution in [-0.2, 0) is 16.1 Å².